The summed E-state index contributed by atoms with van der Waals surface area (Å²) < 4.78 is 0. The van der Waals surface area contributed by atoms with E-state index in [4.69, 9.17) is 10.9 Å². The summed E-state index contributed by atoms with van der Waals surface area (Å²) in [4.78, 5) is 3.93. The van der Waals surface area contributed by atoms with Gasteiger partial charge in [0.2, 0.25) is 0 Å². The molecule has 1 aromatic heterocycles. The van der Waals surface area contributed by atoms with Gasteiger partial charge in [-0.05, 0) is 0 Å². The Kier molecular flexibility index (Phi) is 3.56. The van der Waals surface area contributed by atoms with Crippen LogP contribution in [0, 0.1) is 5.92 Å². The van der Waals surface area contributed by atoms with E-state index in [1.54, 1.807) is 0 Å². The van der Waals surface area contributed by atoms with Gasteiger partial charge < -0.3 is 10.9 Å². The summed E-state index contributed by atoms with van der Waals surface area (Å²) in [6, 6.07) is 0. The first-order valence-electron chi connectivity index (χ1n) is 3.69. The zero-order chi connectivity index (χ0) is 9.68. The van der Waals surface area contributed by atoms with Gasteiger partial charge in [0.1, 0.15) is 12.2 Å². The monoisotopic (exact) mass is 201 g/mol. The number of oxime groups is 1. The fourth-order valence-electron chi connectivity index (χ4n) is 0.652. The molecule has 1 heterocycles. The quantitative estimate of drug-likeness (QED) is 0.213. The van der Waals surface area contributed by atoms with Crippen molar-refractivity contribution in [2.24, 2.45) is 16.8 Å². The van der Waals surface area contributed by atoms with E-state index >= 15 is 0 Å². The lowest BCUT2D eigenvalue weighted by Gasteiger charge is -2.06. The second-order valence-corrected chi connectivity index (χ2v) is 3.54. The van der Waals surface area contributed by atoms with Gasteiger partial charge in [0, 0.05) is 11.7 Å². The molecule has 0 saturated heterocycles. The molecular weight excluding hydrogens is 190 g/mol. The first-order chi connectivity index (χ1) is 6.24. The summed E-state index contributed by atoms with van der Waals surface area (Å²) >= 11 is 1.48. The molecule has 0 aliphatic carbocycles. The lowest BCUT2D eigenvalue weighted by atomic mass is 10.2. The molecule has 0 bridgehead atoms. The minimum absolute atomic E-state index is 0.0140. The van der Waals surface area contributed by atoms with Crippen molar-refractivity contribution >= 4 is 17.6 Å². The van der Waals surface area contributed by atoms with Gasteiger partial charge in [-0.3, -0.25) is 5.10 Å². The van der Waals surface area contributed by atoms with Crippen LogP contribution in [0.1, 0.15) is 6.92 Å². The zero-order valence-corrected chi connectivity index (χ0v) is 7.95. The standard InChI is InChI=1S/C6H11N5OS/c1-4(5(7)11-12)2-13-6-8-3-9-10-6/h3-4,12H,2H2,1H3,(H2,7,11)(H,8,9,10). The molecule has 1 unspecified atom stereocenters. The van der Waals surface area contributed by atoms with Gasteiger partial charge in [-0.25, -0.2) is 4.98 Å². The molecule has 72 valence electrons. The van der Waals surface area contributed by atoms with Crippen LogP contribution in [0.25, 0.3) is 0 Å². The number of aromatic nitrogens is 3. The van der Waals surface area contributed by atoms with Crippen LogP contribution in [-0.4, -0.2) is 32.0 Å². The Morgan fingerprint density at radius 3 is 3.23 bits per heavy atom. The van der Waals surface area contributed by atoms with Crippen molar-refractivity contribution in [3.8, 4) is 0 Å². The molecule has 0 saturated carbocycles. The topological polar surface area (TPSA) is 100 Å². The first kappa shape index (κ1) is 9.85. The number of H-pyrrole nitrogens is 1. The Morgan fingerprint density at radius 2 is 2.69 bits per heavy atom. The molecule has 13 heavy (non-hydrogen) atoms. The SMILES string of the molecule is CC(CSc1ncn[nH]1)/C(N)=N/O. The van der Waals surface area contributed by atoms with Crippen LogP contribution in [0.4, 0.5) is 0 Å². The predicted octanol–water partition coefficient (Wildman–Crippen LogP) is 0.279. The third kappa shape index (κ3) is 2.94. The van der Waals surface area contributed by atoms with Gasteiger partial charge in [-0.15, -0.1) is 0 Å². The maximum atomic E-state index is 8.38. The third-order valence-corrected chi connectivity index (χ3v) is 2.62. The number of hydrogen-bond acceptors (Lipinski definition) is 5. The Labute approximate surface area is 79.6 Å². The fraction of sp³-hybridized carbons (Fsp3) is 0.500. The minimum Gasteiger partial charge on any atom is -0.409 e. The lowest BCUT2D eigenvalue weighted by Crippen LogP contribution is -2.22. The highest BCUT2D eigenvalue weighted by Gasteiger charge is 2.08. The number of hydrogen-bond donors (Lipinski definition) is 3. The van der Waals surface area contributed by atoms with Crippen molar-refractivity contribution in [1.82, 2.24) is 15.2 Å². The van der Waals surface area contributed by atoms with Gasteiger partial charge in [0.25, 0.3) is 0 Å². The van der Waals surface area contributed by atoms with E-state index in [1.165, 1.54) is 18.1 Å². The Morgan fingerprint density at radius 1 is 1.92 bits per heavy atom. The molecule has 0 fully saturated rings. The van der Waals surface area contributed by atoms with Crippen LogP contribution in [-0.2, 0) is 0 Å². The number of rotatable bonds is 4. The number of aromatic amines is 1. The van der Waals surface area contributed by atoms with Crippen LogP contribution < -0.4 is 5.73 Å². The molecule has 4 N–H and O–H groups in total. The van der Waals surface area contributed by atoms with Crippen molar-refractivity contribution < 1.29 is 5.21 Å². The maximum Gasteiger partial charge on any atom is 0.183 e. The third-order valence-electron chi connectivity index (χ3n) is 1.48. The van der Waals surface area contributed by atoms with Gasteiger partial charge >= 0.3 is 0 Å². The molecule has 0 aliphatic heterocycles. The number of amidine groups is 1. The Hall–Kier alpha value is -1.24. The van der Waals surface area contributed by atoms with E-state index in [1.807, 2.05) is 6.92 Å². The summed E-state index contributed by atoms with van der Waals surface area (Å²) in [5.74, 6) is 0.942. The van der Waals surface area contributed by atoms with Crippen LogP contribution in [0.2, 0.25) is 0 Å². The van der Waals surface area contributed by atoms with Crippen molar-refractivity contribution in [3.63, 3.8) is 0 Å². The highest BCUT2D eigenvalue weighted by molar-refractivity contribution is 7.99. The second-order valence-electron chi connectivity index (χ2n) is 2.53. The van der Waals surface area contributed by atoms with Gasteiger partial charge in [0.05, 0.1) is 0 Å². The van der Waals surface area contributed by atoms with Crippen molar-refractivity contribution in [2.75, 3.05) is 5.75 Å². The van der Waals surface area contributed by atoms with E-state index in [0.717, 1.165) is 5.16 Å². The number of nitrogens with one attached hydrogen (secondary N) is 1. The van der Waals surface area contributed by atoms with Gasteiger partial charge in [0.15, 0.2) is 5.16 Å². The second kappa shape index (κ2) is 4.70. The van der Waals surface area contributed by atoms with Crippen molar-refractivity contribution in [1.29, 1.82) is 0 Å². The van der Waals surface area contributed by atoms with Crippen LogP contribution >= 0.6 is 11.8 Å². The first-order valence-corrected chi connectivity index (χ1v) is 4.68. The summed E-state index contributed by atoms with van der Waals surface area (Å²) in [5.41, 5.74) is 5.40. The molecule has 0 radical (unpaired) electrons. The molecule has 0 spiro atoms. The molecule has 0 aromatic carbocycles. The smallest absolute Gasteiger partial charge is 0.183 e. The normalized spacial score (nSPS) is 14.4. The molecule has 1 atom stereocenters. The minimum atomic E-state index is 0.0140. The van der Waals surface area contributed by atoms with E-state index in [0.29, 0.717) is 5.75 Å². The Balaban J connectivity index is 2.35. The van der Waals surface area contributed by atoms with E-state index in [9.17, 15) is 0 Å². The van der Waals surface area contributed by atoms with Crippen molar-refractivity contribution in [3.05, 3.63) is 6.33 Å². The van der Waals surface area contributed by atoms with E-state index in [-0.39, 0.29) is 11.8 Å². The number of nitrogens with two attached hydrogens (primary N) is 1. The number of thioether (sulfide) groups is 1. The molecule has 7 heteroatoms. The highest BCUT2D eigenvalue weighted by Crippen LogP contribution is 2.14. The summed E-state index contributed by atoms with van der Waals surface area (Å²) in [7, 11) is 0. The maximum absolute atomic E-state index is 8.38. The zero-order valence-electron chi connectivity index (χ0n) is 7.14. The van der Waals surface area contributed by atoms with E-state index < -0.39 is 0 Å². The molecule has 1 rings (SSSR count). The summed E-state index contributed by atoms with van der Waals surface area (Å²) in [6.45, 7) is 1.87. The van der Waals surface area contributed by atoms with Gasteiger partial charge in [-0.1, -0.05) is 23.8 Å². The molecule has 0 aliphatic rings. The van der Waals surface area contributed by atoms with Crippen LogP contribution in [0.15, 0.2) is 16.6 Å². The molecule has 0 amide bonds. The average molecular weight is 201 g/mol. The Bertz CT molecular complexity index is 273. The lowest BCUT2D eigenvalue weighted by molar-refractivity contribution is 0.315. The van der Waals surface area contributed by atoms with E-state index in [2.05, 4.69) is 20.3 Å². The molecular formula is C6H11N5OS. The molecule has 1 aromatic rings. The highest BCUT2D eigenvalue weighted by atomic mass is 32.2. The largest absolute Gasteiger partial charge is 0.409 e. The summed E-state index contributed by atoms with van der Waals surface area (Å²) in [6.07, 6.45) is 1.44. The van der Waals surface area contributed by atoms with Crippen LogP contribution in [0.5, 0.6) is 0 Å². The predicted molar refractivity (Wildman–Crippen MR) is 49.7 cm³/mol. The molecule has 6 nitrogen and oxygen atoms in total. The number of nitrogens with zero attached hydrogens (tertiary/aromatic N) is 3. The van der Waals surface area contributed by atoms with Crippen molar-refractivity contribution in [2.45, 2.75) is 12.1 Å². The fourth-order valence-corrected chi connectivity index (χ4v) is 1.47. The summed E-state index contributed by atoms with van der Waals surface area (Å²) in [5, 5.41) is 18.4. The average Bonchev–Trinajstić information content (AvgIpc) is 2.65. The van der Waals surface area contributed by atoms with Crippen LogP contribution in [0.3, 0.4) is 0 Å². The van der Waals surface area contributed by atoms with Gasteiger partial charge in [-0.2, -0.15) is 5.10 Å².